The van der Waals surface area contributed by atoms with E-state index >= 15 is 0 Å². The number of carboxylic acids is 1. The van der Waals surface area contributed by atoms with Crippen molar-refractivity contribution in [2.24, 2.45) is 11.7 Å². The Hall–Kier alpha value is -1.55. The van der Waals surface area contributed by atoms with Crippen LogP contribution in [0, 0.1) is 5.92 Å². The van der Waals surface area contributed by atoms with E-state index in [9.17, 15) is 9.90 Å². The number of para-hydroxylation sites is 1. The van der Waals surface area contributed by atoms with Gasteiger partial charge in [-0.1, -0.05) is 25.1 Å². The number of benzene rings is 1. The lowest BCUT2D eigenvalue weighted by Gasteiger charge is -2.20. The summed E-state index contributed by atoms with van der Waals surface area (Å²) in [5.41, 5.74) is 6.25. The van der Waals surface area contributed by atoms with E-state index in [0.717, 1.165) is 12.0 Å². The lowest BCUT2D eigenvalue weighted by Crippen LogP contribution is -2.25. The highest BCUT2D eigenvalue weighted by Gasteiger charge is 2.22. The summed E-state index contributed by atoms with van der Waals surface area (Å²) in [6, 6.07) is 7.05. The van der Waals surface area contributed by atoms with Gasteiger partial charge >= 0.3 is 5.97 Å². The molecule has 1 rings (SSSR count). The molecule has 0 amide bonds. The van der Waals surface area contributed by atoms with Gasteiger partial charge in [0.05, 0.1) is 5.92 Å². The van der Waals surface area contributed by atoms with Crippen LogP contribution in [0.15, 0.2) is 24.3 Å². The number of phenolic OH excluding ortho intramolecular Hbond substituents is 1. The highest BCUT2D eigenvalue weighted by atomic mass is 16.4. The Morgan fingerprint density at radius 1 is 1.41 bits per heavy atom. The Morgan fingerprint density at radius 3 is 2.53 bits per heavy atom. The summed E-state index contributed by atoms with van der Waals surface area (Å²) >= 11 is 0. The Bertz CT molecular complexity index is 379. The van der Waals surface area contributed by atoms with Crippen LogP contribution < -0.4 is 5.73 Å². The van der Waals surface area contributed by atoms with Crippen molar-refractivity contribution < 1.29 is 15.0 Å². The fourth-order valence-corrected chi connectivity index (χ4v) is 1.99. The lowest BCUT2D eigenvalue weighted by molar-refractivity contribution is -0.141. The molecule has 0 radical (unpaired) electrons. The van der Waals surface area contributed by atoms with E-state index in [1.807, 2.05) is 19.1 Å². The maximum absolute atomic E-state index is 11.0. The molecule has 1 aromatic carbocycles. The number of aliphatic carboxylic acids is 1. The van der Waals surface area contributed by atoms with Crippen molar-refractivity contribution in [3.63, 3.8) is 0 Å². The third-order valence-corrected chi connectivity index (χ3v) is 3.07. The molecule has 0 aliphatic rings. The first-order valence-corrected chi connectivity index (χ1v) is 5.80. The second-order valence-corrected chi connectivity index (χ2v) is 4.17. The zero-order valence-corrected chi connectivity index (χ0v) is 9.97. The van der Waals surface area contributed by atoms with Gasteiger partial charge in [0.2, 0.25) is 0 Å². The van der Waals surface area contributed by atoms with Gasteiger partial charge in [0.25, 0.3) is 0 Å². The number of carbonyl (C=O) groups is 1. The maximum atomic E-state index is 11.0. The van der Waals surface area contributed by atoms with Gasteiger partial charge in [0.15, 0.2) is 0 Å². The molecule has 0 spiro atoms. The van der Waals surface area contributed by atoms with E-state index in [1.165, 1.54) is 0 Å². The van der Waals surface area contributed by atoms with Crippen molar-refractivity contribution in [1.29, 1.82) is 0 Å². The number of hydrogen-bond donors (Lipinski definition) is 3. The summed E-state index contributed by atoms with van der Waals surface area (Å²) in [5, 5.41) is 18.7. The Labute approximate surface area is 101 Å². The minimum atomic E-state index is -0.874. The monoisotopic (exact) mass is 237 g/mol. The summed E-state index contributed by atoms with van der Waals surface area (Å²) in [5.74, 6) is -1.18. The molecule has 0 saturated carbocycles. The number of hydrogen-bond acceptors (Lipinski definition) is 3. The molecule has 0 fully saturated rings. The van der Waals surface area contributed by atoms with Crippen molar-refractivity contribution in [1.82, 2.24) is 0 Å². The van der Waals surface area contributed by atoms with E-state index in [1.54, 1.807) is 12.1 Å². The number of aromatic hydroxyl groups is 1. The molecule has 0 heterocycles. The summed E-state index contributed by atoms with van der Waals surface area (Å²) in [4.78, 5) is 11.0. The molecule has 0 aromatic heterocycles. The second kappa shape index (κ2) is 6.25. The van der Waals surface area contributed by atoms with Gasteiger partial charge in [-0.3, -0.25) is 4.79 Å². The SMILES string of the molecule is CCC(CC(CN)C(=O)O)c1ccccc1O. The van der Waals surface area contributed by atoms with E-state index in [2.05, 4.69) is 0 Å². The quantitative estimate of drug-likeness (QED) is 0.706. The molecule has 2 unspecified atom stereocenters. The molecule has 0 bridgehead atoms. The second-order valence-electron chi connectivity index (χ2n) is 4.17. The third-order valence-electron chi connectivity index (χ3n) is 3.07. The average Bonchev–Trinajstić information content (AvgIpc) is 2.31. The average molecular weight is 237 g/mol. The summed E-state index contributed by atoms with van der Waals surface area (Å²) in [7, 11) is 0. The van der Waals surface area contributed by atoms with Crippen LogP contribution in [0.2, 0.25) is 0 Å². The molecule has 4 heteroatoms. The van der Waals surface area contributed by atoms with Gasteiger partial charge in [-0.15, -0.1) is 0 Å². The smallest absolute Gasteiger partial charge is 0.307 e. The summed E-state index contributed by atoms with van der Waals surface area (Å²) in [6.45, 7) is 2.10. The first-order chi connectivity index (χ1) is 8.10. The van der Waals surface area contributed by atoms with E-state index in [0.29, 0.717) is 6.42 Å². The van der Waals surface area contributed by atoms with Crippen LogP contribution in [0.1, 0.15) is 31.2 Å². The molecule has 0 aliphatic carbocycles. The topological polar surface area (TPSA) is 83.6 Å². The normalized spacial score (nSPS) is 14.2. The fraction of sp³-hybridized carbons (Fsp3) is 0.462. The minimum Gasteiger partial charge on any atom is -0.508 e. The number of phenols is 1. The van der Waals surface area contributed by atoms with Crippen molar-refractivity contribution in [3.8, 4) is 5.75 Å². The van der Waals surface area contributed by atoms with E-state index in [4.69, 9.17) is 10.8 Å². The number of rotatable bonds is 6. The molecular formula is C13H19NO3. The summed E-state index contributed by atoms with van der Waals surface area (Å²) < 4.78 is 0. The number of carboxylic acid groups (broad SMARTS) is 1. The Kier molecular flexibility index (Phi) is 4.97. The molecule has 94 valence electrons. The molecule has 4 nitrogen and oxygen atoms in total. The highest BCUT2D eigenvalue weighted by Crippen LogP contribution is 2.32. The van der Waals surface area contributed by atoms with Crippen molar-refractivity contribution in [2.75, 3.05) is 6.54 Å². The summed E-state index contributed by atoms with van der Waals surface area (Å²) in [6.07, 6.45) is 1.24. The molecule has 17 heavy (non-hydrogen) atoms. The van der Waals surface area contributed by atoms with Crippen molar-refractivity contribution in [2.45, 2.75) is 25.7 Å². The van der Waals surface area contributed by atoms with Crippen LogP contribution in [0.4, 0.5) is 0 Å². The van der Waals surface area contributed by atoms with Crippen LogP contribution in [-0.2, 0) is 4.79 Å². The Morgan fingerprint density at radius 2 is 2.06 bits per heavy atom. The first-order valence-electron chi connectivity index (χ1n) is 5.80. The third kappa shape index (κ3) is 3.46. The maximum Gasteiger partial charge on any atom is 0.307 e. The van der Waals surface area contributed by atoms with Gasteiger partial charge < -0.3 is 15.9 Å². The molecule has 1 aromatic rings. The molecular weight excluding hydrogens is 218 g/mol. The van der Waals surface area contributed by atoms with Gasteiger partial charge in [0.1, 0.15) is 5.75 Å². The van der Waals surface area contributed by atoms with Gasteiger partial charge in [0, 0.05) is 6.54 Å². The largest absolute Gasteiger partial charge is 0.508 e. The van der Waals surface area contributed by atoms with Crippen LogP contribution in [-0.4, -0.2) is 22.7 Å². The number of nitrogens with two attached hydrogens (primary N) is 1. The van der Waals surface area contributed by atoms with Crippen molar-refractivity contribution in [3.05, 3.63) is 29.8 Å². The molecule has 4 N–H and O–H groups in total. The zero-order valence-electron chi connectivity index (χ0n) is 9.97. The van der Waals surface area contributed by atoms with E-state index < -0.39 is 11.9 Å². The van der Waals surface area contributed by atoms with Crippen LogP contribution >= 0.6 is 0 Å². The highest BCUT2D eigenvalue weighted by molar-refractivity contribution is 5.70. The first kappa shape index (κ1) is 13.5. The van der Waals surface area contributed by atoms with Crippen molar-refractivity contribution >= 4 is 5.97 Å². The fourth-order valence-electron chi connectivity index (χ4n) is 1.99. The van der Waals surface area contributed by atoms with Crippen LogP contribution in [0.5, 0.6) is 5.75 Å². The molecule has 0 aliphatic heterocycles. The van der Waals surface area contributed by atoms with Gasteiger partial charge in [-0.05, 0) is 30.4 Å². The lowest BCUT2D eigenvalue weighted by atomic mass is 9.86. The van der Waals surface area contributed by atoms with Crippen LogP contribution in [0.3, 0.4) is 0 Å². The Balaban J connectivity index is 2.85. The van der Waals surface area contributed by atoms with E-state index in [-0.39, 0.29) is 18.2 Å². The van der Waals surface area contributed by atoms with Crippen LogP contribution in [0.25, 0.3) is 0 Å². The minimum absolute atomic E-state index is 0.0286. The standard InChI is InChI=1S/C13H19NO3/c1-2-9(7-10(8-14)13(16)17)11-5-3-4-6-12(11)15/h3-6,9-10,15H,2,7-8,14H2,1H3,(H,16,17). The zero-order chi connectivity index (χ0) is 12.8. The van der Waals surface area contributed by atoms with Gasteiger partial charge in [-0.25, -0.2) is 0 Å². The van der Waals surface area contributed by atoms with Gasteiger partial charge in [-0.2, -0.15) is 0 Å². The molecule has 0 saturated heterocycles. The predicted octanol–water partition coefficient (Wildman–Crippen LogP) is 1.94. The molecule has 2 atom stereocenters. The predicted molar refractivity (Wildman–Crippen MR) is 65.9 cm³/mol.